The molecule has 0 amide bonds. The third-order valence-corrected chi connectivity index (χ3v) is 3.47. The quantitative estimate of drug-likeness (QED) is 0.228. The van der Waals surface area contributed by atoms with Gasteiger partial charge in [-0.3, -0.25) is 10.1 Å². The van der Waals surface area contributed by atoms with E-state index in [1.54, 1.807) is 0 Å². The fraction of sp³-hybridized carbons (Fsp3) is 0.833. The van der Waals surface area contributed by atoms with Crippen LogP contribution in [0, 0.1) is 0 Å². The molecule has 128 valence electrons. The van der Waals surface area contributed by atoms with Gasteiger partial charge in [-0.05, 0) is 19.4 Å². The van der Waals surface area contributed by atoms with Crippen molar-refractivity contribution < 1.29 is 39.9 Å². The summed E-state index contributed by atoms with van der Waals surface area (Å²) in [6.45, 7) is 0.404. The van der Waals surface area contributed by atoms with Crippen molar-refractivity contribution in [3.63, 3.8) is 0 Å². The van der Waals surface area contributed by atoms with Crippen molar-refractivity contribution >= 4 is 11.9 Å². The number of carboxylic acid groups (broad SMARTS) is 2. The lowest BCUT2D eigenvalue weighted by molar-refractivity contribution is -0.235. The highest BCUT2D eigenvalue weighted by Gasteiger charge is 2.47. The van der Waals surface area contributed by atoms with Crippen LogP contribution in [0.15, 0.2) is 0 Å². The van der Waals surface area contributed by atoms with Crippen LogP contribution in [0.4, 0.5) is 0 Å². The molecule has 0 radical (unpaired) electrons. The molecule has 22 heavy (non-hydrogen) atoms. The number of aliphatic hydroxyl groups excluding tert-OH is 3. The molecule has 1 heterocycles. The van der Waals surface area contributed by atoms with E-state index in [4.69, 9.17) is 20.7 Å². The van der Waals surface area contributed by atoms with Gasteiger partial charge in [0.15, 0.2) is 6.10 Å². The topological polar surface area (TPSA) is 183 Å². The number of aliphatic carboxylic acids is 2. The van der Waals surface area contributed by atoms with Crippen LogP contribution in [0.1, 0.15) is 19.3 Å². The fourth-order valence-corrected chi connectivity index (χ4v) is 2.19. The summed E-state index contributed by atoms with van der Waals surface area (Å²) < 4.78 is 4.97. The van der Waals surface area contributed by atoms with Crippen LogP contribution >= 0.6 is 0 Å². The second-order valence-corrected chi connectivity index (χ2v) is 5.13. The summed E-state index contributed by atoms with van der Waals surface area (Å²) in [5, 5.41) is 49.5. The molecule has 8 N–H and O–H groups in total. The maximum absolute atomic E-state index is 11.2. The minimum Gasteiger partial charge on any atom is -0.480 e. The van der Waals surface area contributed by atoms with Gasteiger partial charge in [-0.1, -0.05) is 6.42 Å². The highest BCUT2D eigenvalue weighted by Crippen LogP contribution is 2.21. The summed E-state index contributed by atoms with van der Waals surface area (Å²) in [7, 11) is 0. The van der Waals surface area contributed by atoms with Crippen molar-refractivity contribution in [2.75, 3.05) is 6.54 Å². The molecule has 0 aliphatic carbocycles. The Bertz CT molecular complexity index is 393. The monoisotopic (exact) mass is 322 g/mol. The molecule has 10 heteroatoms. The van der Waals surface area contributed by atoms with Crippen LogP contribution < -0.4 is 11.1 Å². The van der Waals surface area contributed by atoms with E-state index < -0.39 is 48.6 Å². The number of carboxylic acids is 2. The zero-order valence-electron chi connectivity index (χ0n) is 11.8. The van der Waals surface area contributed by atoms with E-state index in [0.29, 0.717) is 19.4 Å². The minimum absolute atomic E-state index is 0.190. The van der Waals surface area contributed by atoms with Crippen molar-refractivity contribution in [1.29, 1.82) is 0 Å². The number of hydrogen-bond donors (Lipinski definition) is 7. The predicted molar refractivity (Wildman–Crippen MR) is 71.8 cm³/mol. The second-order valence-electron chi connectivity index (χ2n) is 5.13. The smallest absolute Gasteiger partial charge is 0.335 e. The Balaban J connectivity index is 2.74. The third-order valence-electron chi connectivity index (χ3n) is 3.47. The van der Waals surface area contributed by atoms with Gasteiger partial charge in [0.2, 0.25) is 0 Å². The number of ether oxygens (including phenoxy) is 1. The van der Waals surface area contributed by atoms with Gasteiger partial charge < -0.3 is 36.0 Å². The van der Waals surface area contributed by atoms with Crippen molar-refractivity contribution in [3.8, 4) is 0 Å². The maximum Gasteiger partial charge on any atom is 0.335 e. The maximum atomic E-state index is 11.2. The van der Waals surface area contributed by atoms with Crippen LogP contribution in [0.25, 0.3) is 0 Å². The Hall–Kier alpha value is -1.30. The lowest BCUT2D eigenvalue weighted by atomic mass is 9.97. The van der Waals surface area contributed by atoms with E-state index in [0.717, 1.165) is 0 Å². The van der Waals surface area contributed by atoms with Crippen LogP contribution in [-0.4, -0.2) is 80.7 Å². The Morgan fingerprint density at radius 1 is 1.09 bits per heavy atom. The number of aliphatic hydroxyl groups is 3. The first kappa shape index (κ1) is 18.7. The third kappa shape index (κ3) is 4.60. The number of carbonyl (C=O) groups is 2. The molecule has 1 aliphatic heterocycles. The molecule has 0 spiro atoms. The van der Waals surface area contributed by atoms with Crippen LogP contribution in [0.3, 0.4) is 0 Å². The first-order chi connectivity index (χ1) is 10.3. The van der Waals surface area contributed by atoms with Gasteiger partial charge in [-0.25, -0.2) is 4.79 Å². The van der Waals surface area contributed by atoms with Crippen LogP contribution in [0.2, 0.25) is 0 Å². The average molecular weight is 322 g/mol. The SMILES string of the molecule is NCCCCC(NC1OC(C(=O)O)C(O)C(O)C1O)C(=O)O. The molecule has 0 bridgehead atoms. The highest BCUT2D eigenvalue weighted by atomic mass is 16.6. The molecule has 6 atom stereocenters. The Labute approximate surface area is 126 Å². The van der Waals surface area contributed by atoms with Gasteiger partial charge in [0.1, 0.15) is 30.6 Å². The summed E-state index contributed by atoms with van der Waals surface area (Å²) in [5.41, 5.74) is 5.32. The molecule has 6 unspecified atom stereocenters. The van der Waals surface area contributed by atoms with E-state index in [9.17, 15) is 24.9 Å². The molecule has 0 saturated carbocycles. The lowest BCUT2D eigenvalue weighted by Gasteiger charge is -2.40. The highest BCUT2D eigenvalue weighted by molar-refractivity contribution is 5.74. The molecule has 0 aromatic rings. The number of nitrogens with two attached hydrogens (primary N) is 1. The average Bonchev–Trinajstić information content (AvgIpc) is 2.45. The van der Waals surface area contributed by atoms with Gasteiger partial charge >= 0.3 is 11.9 Å². The van der Waals surface area contributed by atoms with Crippen LogP contribution in [-0.2, 0) is 14.3 Å². The number of unbranched alkanes of at least 4 members (excludes halogenated alkanes) is 1. The second kappa shape index (κ2) is 8.36. The van der Waals surface area contributed by atoms with Crippen molar-refractivity contribution in [2.24, 2.45) is 5.73 Å². The molecule has 0 aromatic carbocycles. The molecule has 0 aromatic heterocycles. The summed E-state index contributed by atoms with van der Waals surface area (Å²) in [5.74, 6) is -2.74. The minimum atomic E-state index is -1.81. The number of hydrogen-bond acceptors (Lipinski definition) is 8. The normalized spacial score (nSPS) is 33.4. The molecule has 10 nitrogen and oxygen atoms in total. The first-order valence-electron chi connectivity index (χ1n) is 6.91. The summed E-state index contributed by atoms with van der Waals surface area (Å²) in [6.07, 6.45) is -7.14. The summed E-state index contributed by atoms with van der Waals surface area (Å²) >= 11 is 0. The summed E-state index contributed by atoms with van der Waals surface area (Å²) in [4.78, 5) is 22.1. The predicted octanol–water partition coefficient (Wildman–Crippen LogP) is -2.95. The molecule has 1 rings (SSSR count). The number of nitrogens with one attached hydrogen (secondary N) is 1. The molecule has 1 aliphatic rings. The Morgan fingerprint density at radius 3 is 2.23 bits per heavy atom. The zero-order valence-corrected chi connectivity index (χ0v) is 11.8. The van der Waals surface area contributed by atoms with Gasteiger partial charge in [0, 0.05) is 0 Å². The Morgan fingerprint density at radius 2 is 1.73 bits per heavy atom. The van der Waals surface area contributed by atoms with Gasteiger partial charge in [0.25, 0.3) is 0 Å². The van der Waals surface area contributed by atoms with Crippen molar-refractivity contribution in [2.45, 2.75) is 55.9 Å². The largest absolute Gasteiger partial charge is 0.480 e. The van der Waals surface area contributed by atoms with Gasteiger partial charge in [-0.2, -0.15) is 0 Å². The van der Waals surface area contributed by atoms with E-state index in [1.807, 2.05) is 0 Å². The standard InChI is InChI=1S/C12H22N2O8/c13-4-2-1-3-5(11(18)19)14-10-8(17)6(15)7(16)9(22-10)12(20)21/h5-10,14-17H,1-4,13H2,(H,18,19)(H,20,21). The van der Waals surface area contributed by atoms with E-state index in [2.05, 4.69) is 5.32 Å². The van der Waals surface area contributed by atoms with Crippen molar-refractivity contribution in [1.82, 2.24) is 5.32 Å². The van der Waals surface area contributed by atoms with Crippen LogP contribution in [0.5, 0.6) is 0 Å². The molecule has 1 fully saturated rings. The molecular weight excluding hydrogens is 300 g/mol. The van der Waals surface area contributed by atoms with Crippen molar-refractivity contribution in [3.05, 3.63) is 0 Å². The summed E-state index contributed by atoms with van der Waals surface area (Å²) in [6, 6.07) is -1.11. The van der Waals surface area contributed by atoms with E-state index >= 15 is 0 Å². The van der Waals surface area contributed by atoms with E-state index in [1.165, 1.54) is 0 Å². The first-order valence-corrected chi connectivity index (χ1v) is 6.91. The molecule has 1 saturated heterocycles. The van der Waals surface area contributed by atoms with E-state index in [-0.39, 0.29) is 6.42 Å². The fourth-order valence-electron chi connectivity index (χ4n) is 2.19. The lowest BCUT2D eigenvalue weighted by Crippen LogP contribution is -2.65. The zero-order chi connectivity index (χ0) is 16.9. The van der Waals surface area contributed by atoms with Gasteiger partial charge in [-0.15, -0.1) is 0 Å². The van der Waals surface area contributed by atoms with Gasteiger partial charge in [0.05, 0.1) is 0 Å². The number of rotatable bonds is 8. The Kier molecular flexibility index (Phi) is 7.13. The molecular formula is C12H22N2O8.